The highest BCUT2D eigenvalue weighted by Crippen LogP contribution is 2.33. The Morgan fingerprint density at radius 2 is 1.75 bits per heavy atom. The van der Waals surface area contributed by atoms with Crippen LogP contribution in [0.25, 0.3) is 0 Å². The van der Waals surface area contributed by atoms with Crippen LogP contribution in [0.15, 0.2) is 0 Å². The van der Waals surface area contributed by atoms with Crippen molar-refractivity contribution < 1.29 is 24.4 Å². The van der Waals surface area contributed by atoms with E-state index < -0.39 is 11.6 Å². The first-order valence-corrected chi connectivity index (χ1v) is 5.59. The Bertz CT molecular complexity index is 199. The molecule has 5 heteroatoms. The van der Waals surface area contributed by atoms with Crippen molar-refractivity contribution in [3.8, 4) is 0 Å². The van der Waals surface area contributed by atoms with Gasteiger partial charge in [-0.15, -0.1) is 0 Å². The van der Waals surface area contributed by atoms with E-state index in [1.807, 2.05) is 13.8 Å². The molecule has 2 saturated heterocycles. The molecule has 2 unspecified atom stereocenters. The number of aliphatic hydroxyl groups is 2. The predicted octanol–water partition coefficient (Wildman–Crippen LogP) is 0.981. The van der Waals surface area contributed by atoms with Gasteiger partial charge in [-0.3, -0.25) is 0 Å². The van der Waals surface area contributed by atoms with Crippen molar-refractivity contribution >= 4 is 0 Å². The lowest BCUT2D eigenvalue weighted by Gasteiger charge is -2.21. The summed E-state index contributed by atoms with van der Waals surface area (Å²) in [6.07, 6.45) is 2.20. The molecule has 0 aliphatic carbocycles. The molecule has 5 nitrogen and oxygen atoms in total. The summed E-state index contributed by atoms with van der Waals surface area (Å²) in [6, 6.07) is 0. The minimum atomic E-state index is -1.50. The molecule has 2 aliphatic rings. The lowest BCUT2D eigenvalue weighted by molar-refractivity contribution is -0.191. The maximum Gasteiger partial charge on any atom is 0.187 e. The van der Waals surface area contributed by atoms with Gasteiger partial charge < -0.3 is 24.4 Å². The zero-order valence-corrected chi connectivity index (χ0v) is 10.4. The Kier molecular flexibility index (Phi) is 4.31. The van der Waals surface area contributed by atoms with E-state index in [1.54, 1.807) is 0 Å². The summed E-state index contributed by atoms with van der Waals surface area (Å²) < 4.78 is 16.5. The summed E-state index contributed by atoms with van der Waals surface area (Å²) in [5, 5.41) is 16.2. The quantitative estimate of drug-likeness (QED) is 0.612. The maximum absolute atomic E-state index is 8.08. The molecular weight excluding hydrogens is 212 g/mol. The second-order valence-corrected chi connectivity index (χ2v) is 5.05. The highest BCUT2D eigenvalue weighted by Gasteiger charge is 2.43. The van der Waals surface area contributed by atoms with E-state index >= 15 is 0 Å². The van der Waals surface area contributed by atoms with E-state index in [9.17, 15) is 0 Å². The van der Waals surface area contributed by atoms with Crippen molar-refractivity contribution in [2.24, 2.45) is 0 Å². The van der Waals surface area contributed by atoms with Gasteiger partial charge in [0.2, 0.25) is 0 Å². The van der Waals surface area contributed by atoms with E-state index in [2.05, 4.69) is 0 Å². The van der Waals surface area contributed by atoms with Crippen LogP contribution in [0.4, 0.5) is 0 Å². The molecule has 0 bridgehead atoms. The molecule has 0 aromatic carbocycles. The molecule has 0 saturated carbocycles. The van der Waals surface area contributed by atoms with Crippen LogP contribution in [0, 0.1) is 0 Å². The molecular formula is C11H22O5. The average molecular weight is 234 g/mol. The van der Waals surface area contributed by atoms with Gasteiger partial charge in [0.1, 0.15) is 6.10 Å². The Balaban J connectivity index is 0.000000221. The molecule has 0 aromatic heterocycles. The number of hydrogen-bond donors (Lipinski definition) is 2. The molecule has 0 radical (unpaired) electrons. The summed E-state index contributed by atoms with van der Waals surface area (Å²) >= 11 is 0. The molecule has 0 aromatic rings. The summed E-state index contributed by atoms with van der Waals surface area (Å²) in [5.74, 6) is -1.94. The molecule has 2 fully saturated rings. The van der Waals surface area contributed by atoms with Gasteiger partial charge in [-0.05, 0) is 40.5 Å². The van der Waals surface area contributed by atoms with Gasteiger partial charge in [-0.1, -0.05) is 0 Å². The Morgan fingerprint density at radius 1 is 1.19 bits per heavy atom. The number of hydrogen-bond acceptors (Lipinski definition) is 5. The van der Waals surface area contributed by atoms with Crippen LogP contribution in [-0.2, 0) is 14.2 Å². The molecule has 2 heterocycles. The number of rotatable bonds is 0. The number of fused-ring (bicyclic) bond motifs is 1. The smallest absolute Gasteiger partial charge is 0.187 e. The minimum absolute atomic E-state index is 0.112. The van der Waals surface area contributed by atoms with Crippen molar-refractivity contribution in [1.82, 2.24) is 0 Å². The van der Waals surface area contributed by atoms with E-state index in [1.165, 1.54) is 13.8 Å². The standard InChI is InChI=1S/C8H14O3.C3H8O2/c1-8(2)10-6-4-3-5-9-7(6)11-8;1-3(2,4)5/h6-7H,3-5H2,1-2H3;4-5H,1-2H3. The minimum Gasteiger partial charge on any atom is -0.366 e. The molecule has 2 rings (SSSR count). The molecule has 96 valence electrons. The Morgan fingerprint density at radius 3 is 2.25 bits per heavy atom. The second kappa shape index (κ2) is 4.98. The first-order chi connectivity index (χ1) is 7.17. The summed E-state index contributed by atoms with van der Waals surface area (Å²) in [7, 11) is 0. The van der Waals surface area contributed by atoms with Crippen LogP contribution in [0.3, 0.4) is 0 Å². The summed E-state index contributed by atoms with van der Waals surface area (Å²) in [5.41, 5.74) is 0. The third kappa shape index (κ3) is 5.23. The zero-order valence-electron chi connectivity index (χ0n) is 10.4. The van der Waals surface area contributed by atoms with Crippen LogP contribution < -0.4 is 0 Å². The van der Waals surface area contributed by atoms with Crippen molar-refractivity contribution in [3.05, 3.63) is 0 Å². The molecule has 2 N–H and O–H groups in total. The van der Waals surface area contributed by atoms with Gasteiger partial charge >= 0.3 is 0 Å². The fourth-order valence-corrected chi connectivity index (χ4v) is 1.62. The first kappa shape index (κ1) is 13.9. The fourth-order valence-electron chi connectivity index (χ4n) is 1.62. The molecule has 0 spiro atoms. The molecule has 2 aliphatic heterocycles. The van der Waals surface area contributed by atoms with Gasteiger partial charge in [0.15, 0.2) is 17.9 Å². The highest BCUT2D eigenvalue weighted by molar-refractivity contribution is 4.78. The van der Waals surface area contributed by atoms with Crippen molar-refractivity contribution in [1.29, 1.82) is 0 Å². The third-order valence-electron chi connectivity index (χ3n) is 2.05. The van der Waals surface area contributed by atoms with Crippen LogP contribution in [0.5, 0.6) is 0 Å². The second-order valence-electron chi connectivity index (χ2n) is 5.05. The lowest BCUT2D eigenvalue weighted by Crippen LogP contribution is -2.30. The van der Waals surface area contributed by atoms with Crippen LogP contribution in [0.2, 0.25) is 0 Å². The Hall–Kier alpha value is -0.200. The monoisotopic (exact) mass is 234 g/mol. The van der Waals surface area contributed by atoms with Gasteiger partial charge in [0.05, 0.1) is 0 Å². The predicted molar refractivity (Wildman–Crippen MR) is 57.5 cm³/mol. The molecule has 0 amide bonds. The van der Waals surface area contributed by atoms with E-state index in [4.69, 9.17) is 24.4 Å². The van der Waals surface area contributed by atoms with E-state index in [0.29, 0.717) is 0 Å². The largest absolute Gasteiger partial charge is 0.366 e. The topological polar surface area (TPSA) is 68.2 Å². The average Bonchev–Trinajstić information content (AvgIpc) is 2.34. The van der Waals surface area contributed by atoms with Gasteiger partial charge in [0.25, 0.3) is 0 Å². The maximum atomic E-state index is 8.08. The van der Waals surface area contributed by atoms with Crippen molar-refractivity contribution in [2.75, 3.05) is 6.61 Å². The lowest BCUT2D eigenvalue weighted by atomic mass is 10.1. The SMILES string of the molecule is CC(C)(O)O.CC1(C)OC2CCCOC2O1. The molecule has 16 heavy (non-hydrogen) atoms. The van der Waals surface area contributed by atoms with E-state index in [-0.39, 0.29) is 12.4 Å². The summed E-state index contributed by atoms with van der Waals surface area (Å²) in [6.45, 7) is 7.25. The highest BCUT2D eigenvalue weighted by atomic mass is 16.8. The Labute approximate surface area is 96.3 Å². The number of ether oxygens (including phenoxy) is 3. The fraction of sp³-hybridized carbons (Fsp3) is 1.00. The molecule has 2 atom stereocenters. The van der Waals surface area contributed by atoms with Crippen LogP contribution >= 0.6 is 0 Å². The van der Waals surface area contributed by atoms with Crippen molar-refractivity contribution in [3.63, 3.8) is 0 Å². The summed E-state index contributed by atoms with van der Waals surface area (Å²) in [4.78, 5) is 0. The van der Waals surface area contributed by atoms with Gasteiger partial charge in [-0.2, -0.15) is 0 Å². The van der Waals surface area contributed by atoms with Gasteiger partial charge in [-0.25, -0.2) is 0 Å². The van der Waals surface area contributed by atoms with Crippen LogP contribution in [-0.4, -0.2) is 40.8 Å². The van der Waals surface area contributed by atoms with Crippen molar-refractivity contribution in [2.45, 2.75) is 64.5 Å². The zero-order chi connectivity index (χ0) is 12.4. The van der Waals surface area contributed by atoms with Crippen LogP contribution in [0.1, 0.15) is 40.5 Å². The first-order valence-electron chi connectivity index (χ1n) is 5.59. The normalized spacial score (nSPS) is 32.6. The third-order valence-corrected chi connectivity index (χ3v) is 2.05. The van der Waals surface area contributed by atoms with E-state index in [0.717, 1.165) is 19.4 Å². The van der Waals surface area contributed by atoms with Gasteiger partial charge in [0, 0.05) is 6.61 Å².